The van der Waals surface area contributed by atoms with Crippen molar-refractivity contribution in [1.82, 2.24) is 4.98 Å². The Kier molecular flexibility index (Phi) is 4.95. The topological polar surface area (TPSA) is 34.6 Å². The summed E-state index contributed by atoms with van der Waals surface area (Å²) >= 11 is 1.73. The molecule has 2 heterocycles. The van der Waals surface area contributed by atoms with E-state index in [9.17, 15) is 0 Å². The molecule has 0 amide bonds. The molecule has 118 valence electrons. The summed E-state index contributed by atoms with van der Waals surface area (Å²) in [6.45, 7) is 2.57. The van der Waals surface area contributed by atoms with E-state index in [-0.39, 0.29) is 0 Å². The molecule has 0 radical (unpaired) electrons. The van der Waals surface area contributed by atoms with Gasteiger partial charge in [0.2, 0.25) is 0 Å². The molecule has 0 bridgehead atoms. The van der Waals surface area contributed by atoms with Gasteiger partial charge in [-0.2, -0.15) is 0 Å². The SMILES string of the molecule is COCc1cnc(CN2CCCCc3c(OC)cccc32)s1. The maximum Gasteiger partial charge on any atom is 0.124 e. The van der Waals surface area contributed by atoms with Crippen LogP contribution in [0.5, 0.6) is 5.75 Å². The molecule has 22 heavy (non-hydrogen) atoms. The fourth-order valence-corrected chi connectivity index (χ4v) is 3.89. The van der Waals surface area contributed by atoms with Crippen LogP contribution in [-0.2, 0) is 24.3 Å². The van der Waals surface area contributed by atoms with E-state index in [2.05, 4.69) is 28.1 Å². The van der Waals surface area contributed by atoms with Crippen molar-refractivity contribution >= 4 is 17.0 Å². The molecule has 5 heteroatoms. The smallest absolute Gasteiger partial charge is 0.124 e. The zero-order valence-electron chi connectivity index (χ0n) is 13.2. The highest BCUT2D eigenvalue weighted by atomic mass is 32.1. The van der Waals surface area contributed by atoms with Crippen molar-refractivity contribution in [1.29, 1.82) is 0 Å². The summed E-state index contributed by atoms with van der Waals surface area (Å²) in [7, 11) is 3.47. The van der Waals surface area contributed by atoms with E-state index in [1.807, 2.05) is 6.20 Å². The van der Waals surface area contributed by atoms with Gasteiger partial charge in [0.25, 0.3) is 0 Å². The van der Waals surface area contributed by atoms with E-state index in [1.165, 1.54) is 29.0 Å². The van der Waals surface area contributed by atoms with Crippen LogP contribution in [0.1, 0.15) is 28.3 Å². The third-order valence-corrected chi connectivity index (χ3v) is 4.94. The Morgan fingerprint density at radius 1 is 1.27 bits per heavy atom. The Bertz CT molecular complexity index is 627. The van der Waals surface area contributed by atoms with E-state index in [4.69, 9.17) is 9.47 Å². The average Bonchev–Trinajstić information content (AvgIpc) is 2.87. The number of hydrogen-bond acceptors (Lipinski definition) is 5. The van der Waals surface area contributed by atoms with Gasteiger partial charge in [-0.25, -0.2) is 4.98 Å². The van der Waals surface area contributed by atoms with Crippen molar-refractivity contribution < 1.29 is 9.47 Å². The number of fused-ring (bicyclic) bond motifs is 1. The van der Waals surface area contributed by atoms with E-state index in [0.717, 1.165) is 30.3 Å². The summed E-state index contributed by atoms with van der Waals surface area (Å²) in [6.07, 6.45) is 5.42. The lowest BCUT2D eigenvalue weighted by atomic mass is 10.1. The molecule has 4 nitrogen and oxygen atoms in total. The number of anilines is 1. The van der Waals surface area contributed by atoms with Crippen LogP contribution in [0.4, 0.5) is 5.69 Å². The Labute approximate surface area is 135 Å². The number of rotatable bonds is 5. The first kappa shape index (κ1) is 15.3. The largest absolute Gasteiger partial charge is 0.496 e. The van der Waals surface area contributed by atoms with E-state index in [0.29, 0.717) is 6.61 Å². The summed E-state index contributed by atoms with van der Waals surface area (Å²) in [5.74, 6) is 1.00. The van der Waals surface area contributed by atoms with E-state index in [1.54, 1.807) is 25.6 Å². The Hall–Kier alpha value is -1.59. The van der Waals surface area contributed by atoms with Crippen molar-refractivity contribution in [3.8, 4) is 5.75 Å². The minimum absolute atomic E-state index is 0.641. The van der Waals surface area contributed by atoms with Gasteiger partial charge in [-0.1, -0.05) is 6.07 Å². The summed E-state index contributed by atoms with van der Waals surface area (Å²) in [5.41, 5.74) is 2.62. The Morgan fingerprint density at radius 3 is 3.00 bits per heavy atom. The van der Waals surface area contributed by atoms with Crippen molar-refractivity contribution in [2.24, 2.45) is 0 Å². The molecule has 0 N–H and O–H groups in total. The molecule has 1 aromatic heterocycles. The first-order chi connectivity index (χ1) is 10.8. The second-order valence-electron chi connectivity index (χ2n) is 5.49. The fraction of sp³-hybridized carbons (Fsp3) is 0.471. The number of hydrogen-bond donors (Lipinski definition) is 0. The van der Waals surface area contributed by atoms with Gasteiger partial charge in [-0.3, -0.25) is 0 Å². The molecule has 1 aliphatic rings. The first-order valence-corrected chi connectivity index (χ1v) is 8.47. The van der Waals surface area contributed by atoms with Gasteiger partial charge in [0.05, 0.1) is 25.1 Å². The Balaban J connectivity index is 1.84. The van der Waals surface area contributed by atoms with E-state index >= 15 is 0 Å². The number of aromatic nitrogens is 1. The van der Waals surface area contributed by atoms with Crippen molar-refractivity contribution in [3.63, 3.8) is 0 Å². The predicted molar refractivity (Wildman–Crippen MR) is 89.8 cm³/mol. The molecular formula is C17H22N2O2S. The quantitative estimate of drug-likeness (QED) is 0.843. The molecule has 0 fully saturated rings. The normalized spacial score (nSPS) is 14.5. The van der Waals surface area contributed by atoms with Gasteiger partial charge in [0.1, 0.15) is 10.8 Å². The molecule has 0 saturated heterocycles. The number of ether oxygens (including phenoxy) is 2. The minimum atomic E-state index is 0.641. The molecular weight excluding hydrogens is 296 g/mol. The van der Waals surface area contributed by atoms with Gasteiger partial charge >= 0.3 is 0 Å². The van der Waals surface area contributed by atoms with Crippen LogP contribution in [0.3, 0.4) is 0 Å². The third kappa shape index (κ3) is 3.25. The maximum atomic E-state index is 5.55. The van der Waals surface area contributed by atoms with Crippen LogP contribution >= 0.6 is 11.3 Å². The van der Waals surface area contributed by atoms with Crippen molar-refractivity contribution in [3.05, 3.63) is 39.8 Å². The highest BCUT2D eigenvalue weighted by Gasteiger charge is 2.19. The van der Waals surface area contributed by atoms with Crippen LogP contribution in [0, 0.1) is 0 Å². The lowest BCUT2D eigenvalue weighted by molar-refractivity contribution is 0.187. The second-order valence-corrected chi connectivity index (χ2v) is 6.69. The number of methoxy groups -OCH3 is 2. The zero-order chi connectivity index (χ0) is 15.4. The third-order valence-electron chi connectivity index (χ3n) is 3.99. The predicted octanol–water partition coefficient (Wildman–Crippen LogP) is 3.64. The molecule has 0 spiro atoms. The summed E-state index contributed by atoms with van der Waals surface area (Å²) in [6, 6.07) is 6.34. The van der Waals surface area contributed by atoms with Gasteiger partial charge in [-0.05, 0) is 31.4 Å². The number of thiazole rings is 1. The summed E-state index contributed by atoms with van der Waals surface area (Å²) in [5, 5.41) is 1.14. The van der Waals surface area contributed by atoms with Crippen molar-refractivity contribution in [2.45, 2.75) is 32.4 Å². The molecule has 1 aliphatic heterocycles. The fourth-order valence-electron chi connectivity index (χ4n) is 2.98. The lowest BCUT2D eigenvalue weighted by Crippen LogP contribution is -2.23. The lowest BCUT2D eigenvalue weighted by Gasteiger charge is -2.24. The summed E-state index contributed by atoms with van der Waals surface area (Å²) < 4.78 is 10.7. The van der Waals surface area contributed by atoms with Gasteiger partial charge in [0, 0.05) is 31.1 Å². The van der Waals surface area contributed by atoms with Gasteiger partial charge in [0.15, 0.2) is 0 Å². The average molecular weight is 318 g/mol. The maximum absolute atomic E-state index is 5.55. The first-order valence-electron chi connectivity index (χ1n) is 7.65. The molecule has 0 atom stereocenters. The highest BCUT2D eigenvalue weighted by molar-refractivity contribution is 7.11. The van der Waals surface area contributed by atoms with Crippen LogP contribution in [0.25, 0.3) is 0 Å². The number of benzene rings is 1. The molecule has 0 unspecified atom stereocenters. The van der Waals surface area contributed by atoms with Gasteiger partial charge < -0.3 is 14.4 Å². The molecule has 0 aliphatic carbocycles. The second kappa shape index (κ2) is 7.11. The van der Waals surface area contributed by atoms with Crippen LogP contribution in [0.15, 0.2) is 24.4 Å². The minimum Gasteiger partial charge on any atom is -0.496 e. The molecule has 1 aromatic carbocycles. The monoisotopic (exact) mass is 318 g/mol. The summed E-state index contributed by atoms with van der Waals surface area (Å²) in [4.78, 5) is 8.15. The van der Waals surface area contributed by atoms with Crippen LogP contribution < -0.4 is 9.64 Å². The molecule has 0 saturated carbocycles. The highest BCUT2D eigenvalue weighted by Crippen LogP contribution is 2.34. The Morgan fingerprint density at radius 2 is 2.18 bits per heavy atom. The number of nitrogens with zero attached hydrogens (tertiary/aromatic N) is 2. The molecule has 2 aromatic rings. The molecule has 3 rings (SSSR count). The van der Waals surface area contributed by atoms with Crippen LogP contribution in [-0.4, -0.2) is 25.7 Å². The van der Waals surface area contributed by atoms with Gasteiger partial charge in [-0.15, -0.1) is 11.3 Å². The van der Waals surface area contributed by atoms with E-state index < -0.39 is 0 Å². The standard InChI is InChI=1S/C17H22N2O2S/c1-20-12-13-10-18-17(22-13)11-19-9-4-3-6-14-15(19)7-5-8-16(14)21-2/h5,7-8,10H,3-4,6,9,11-12H2,1-2H3. The van der Waals surface area contributed by atoms with Crippen molar-refractivity contribution in [2.75, 3.05) is 25.7 Å². The zero-order valence-corrected chi connectivity index (χ0v) is 14.0. The van der Waals surface area contributed by atoms with Crippen LogP contribution in [0.2, 0.25) is 0 Å².